The highest BCUT2D eigenvalue weighted by molar-refractivity contribution is 6.06. The van der Waals surface area contributed by atoms with Gasteiger partial charge in [-0.2, -0.15) is 0 Å². The lowest BCUT2D eigenvalue weighted by Gasteiger charge is -2.32. The van der Waals surface area contributed by atoms with E-state index in [9.17, 15) is 9.59 Å². The molecule has 4 nitrogen and oxygen atoms in total. The first-order chi connectivity index (χ1) is 12.6. The molecule has 2 aliphatic rings. The maximum Gasteiger partial charge on any atom is 0.336 e. The van der Waals surface area contributed by atoms with Crippen molar-refractivity contribution in [1.29, 1.82) is 0 Å². The molecule has 0 unspecified atom stereocenters. The highest BCUT2D eigenvalue weighted by Gasteiger charge is 2.42. The van der Waals surface area contributed by atoms with E-state index in [0.29, 0.717) is 11.3 Å². The highest BCUT2D eigenvalue weighted by Crippen LogP contribution is 2.41. The molecule has 2 heterocycles. The Labute approximate surface area is 153 Å². The first kappa shape index (κ1) is 16.6. The van der Waals surface area contributed by atoms with E-state index < -0.39 is 0 Å². The van der Waals surface area contributed by atoms with Crippen LogP contribution in [0.1, 0.15) is 36.0 Å². The number of hydrogen-bond acceptors (Lipinski definition) is 3. The summed E-state index contributed by atoms with van der Waals surface area (Å²) in [6, 6.07) is 15.9. The number of benzene rings is 2. The van der Waals surface area contributed by atoms with Gasteiger partial charge in [-0.25, -0.2) is 4.79 Å². The van der Waals surface area contributed by atoms with Gasteiger partial charge in [-0.1, -0.05) is 43.3 Å². The van der Waals surface area contributed by atoms with Crippen LogP contribution >= 0.6 is 0 Å². The first-order valence-corrected chi connectivity index (χ1v) is 8.97. The molecule has 0 spiro atoms. The van der Waals surface area contributed by atoms with Gasteiger partial charge in [-0.05, 0) is 42.2 Å². The number of carbonyl (C=O) groups is 2. The number of anilines is 1. The Bertz CT molecular complexity index is 911. The lowest BCUT2D eigenvalue weighted by atomic mass is 9.83. The summed E-state index contributed by atoms with van der Waals surface area (Å²) in [6.07, 6.45) is 1.23. The van der Waals surface area contributed by atoms with E-state index in [-0.39, 0.29) is 30.8 Å². The van der Waals surface area contributed by atoms with E-state index in [0.717, 1.165) is 23.2 Å². The van der Waals surface area contributed by atoms with Crippen molar-refractivity contribution >= 4 is 17.6 Å². The normalized spacial score (nSPS) is 19.6. The molecule has 0 saturated heterocycles. The molecular weight excluding hydrogens is 326 g/mol. The van der Waals surface area contributed by atoms with Crippen LogP contribution in [0.15, 0.2) is 59.8 Å². The molecule has 26 heavy (non-hydrogen) atoms. The predicted molar refractivity (Wildman–Crippen MR) is 99.8 cm³/mol. The maximum atomic E-state index is 13.0. The molecule has 2 aromatic rings. The minimum atomic E-state index is -0.310. The summed E-state index contributed by atoms with van der Waals surface area (Å²) in [5, 5.41) is 0. The second-order valence-corrected chi connectivity index (χ2v) is 6.86. The van der Waals surface area contributed by atoms with E-state index in [4.69, 9.17) is 4.74 Å². The third-order valence-corrected chi connectivity index (χ3v) is 5.17. The number of rotatable bonds is 3. The van der Waals surface area contributed by atoms with Crippen molar-refractivity contribution in [2.24, 2.45) is 0 Å². The van der Waals surface area contributed by atoms with Crippen molar-refractivity contribution in [2.75, 3.05) is 11.5 Å². The average molecular weight is 347 g/mol. The standard InChI is InChI=1S/C22H21NO3/c1-3-15-7-9-16(10-8-15)18-12-20(24)23(17-6-4-5-14(2)11-17)19-13-26-22(25)21(18)19/h4-11,18H,3,12-13H2,1-2H3/t18-/m0/s1. The van der Waals surface area contributed by atoms with E-state index >= 15 is 0 Å². The van der Waals surface area contributed by atoms with Gasteiger partial charge in [-0.3, -0.25) is 9.69 Å². The summed E-state index contributed by atoms with van der Waals surface area (Å²) in [5.74, 6) is -0.550. The number of aryl methyl sites for hydroxylation is 2. The fourth-order valence-corrected chi connectivity index (χ4v) is 3.79. The van der Waals surface area contributed by atoms with Crippen LogP contribution in [0.2, 0.25) is 0 Å². The fourth-order valence-electron chi connectivity index (χ4n) is 3.79. The van der Waals surface area contributed by atoms with Gasteiger partial charge in [0.2, 0.25) is 5.91 Å². The molecule has 0 fully saturated rings. The monoisotopic (exact) mass is 347 g/mol. The fraction of sp³-hybridized carbons (Fsp3) is 0.273. The second kappa shape index (κ2) is 6.45. The Morgan fingerprint density at radius 1 is 1.12 bits per heavy atom. The van der Waals surface area contributed by atoms with Crippen molar-refractivity contribution in [3.05, 3.63) is 76.5 Å². The Balaban J connectivity index is 1.80. The summed E-state index contributed by atoms with van der Waals surface area (Å²) in [4.78, 5) is 27.1. The van der Waals surface area contributed by atoms with Crippen molar-refractivity contribution in [1.82, 2.24) is 0 Å². The van der Waals surface area contributed by atoms with Crippen molar-refractivity contribution in [3.8, 4) is 0 Å². The molecule has 0 N–H and O–H groups in total. The third kappa shape index (κ3) is 2.71. The highest BCUT2D eigenvalue weighted by atomic mass is 16.5. The van der Waals surface area contributed by atoms with E-state index in [2.05, 4.69) is 19.1 Å². The van der Waals surface area contributed by atoms with Gasteiger partial charge in [-0.15, -0.1) is 0 Å². The summed E-state index contributed by atoms with van der Waals surface area (Å²) in [5.41, 5.74) is 5.39. The molecule has 1 amide bonds. The number of cyclic esters (lactones) is 1. The number of amides is 1. The van der Waals surface area contributed by atoms with Crippen LogP contribution in [-0.2, 0) is 20.7 Å². The summed E-state index contributed by atoms with van der Waals surface area (Å²) in [6.45, 7) is 4.24. The zero-order valence-corrected chi connectivity index (χ0v) is 15.0. The molecule has 0 saturated carbocycles. The quantitative estimate of drug-likeness (QED) is 0.792. The number of esters is 1. The molecule has 0 radical (unpaired) electrons. The molecule has 2 aliphatic heterocycles. The topological polar surface area (TPSA) is 46.6 Å². The molecule has 1 atom stereocenters. The van der Waals surface area contributed by atoms with Crippen LogP contribution in [0.3, 0.4) is 0 Å². The molecule has 0 aliphatic carbocycles. The lowest BCUT2D eigenvalue weighted by molar-refractivity contribution is -0.136. The van der Waals surface area contributed by atoms with Gasteiger partial charge < -0.3 is 4.74 Å². The van der Waals surface area contributed by atoms with Gasteiger partial charge in [0.05, 0.1) is 11.3 Å². The number of ether oxygens (including phenoxy) is 1. The molecule has 4 rings (SSSR count). The maximum absolute atomic E-state index is 13.0. The summed E-state index contributed by atoms with van der Waals surface area (Å²) < 4.78 is 5.32. The van der Waals surface area contributed by atoms with Crippen molar-refractivity contribution in [2.45, 2.75) is 32.6 Å². The number of carbonyl (C=O) groups excluding carboxylic acids is 2. The minimum absolute atomic E-state index is 0.00258. The largest absolute Gasteiger partial charge is 0.456 e. The average Bonchev–Trinajstić information content (AvgIpc) is 3.02. The Kier molecular flexibility index (Phi) is 4.11. The Hall–Kier alpha value is -2.88. The van der Waals surface area contributed by atoms with Gasteiger partial charge in [0, 0.05) is 18.0 Å². The zero-order valence-electron chi connectivity index (χ0n) is 15.0. The summed E-state index contributed by atoms with van der Waals surface area (Å²) >= 11 is 0. The van der Waals surface area contributed by atoms with Crippen LogP contribution in [-0.4, -0.2) is 18.5 Å². The van der Waals surface area contributed by atoms with Gasteiger partial charge in [0.1, 0.15) is 6.61 Å². The van der Waals surface area contributed by atoms with Crippen LogP contribution in [0.25, 0.3) is 0 Å². The molecule has 0 bridgehead atoms. The predicted octanol–water partition coefficient (Wildman–Crippen LogP) is 3.89. The smallest absolute Gasteiger partial charge is 0.336 e. The van der Waals surface area contributed by atoms with Crippen LogP contribution < -0.4 is 4.90 Å². The Morgan fingerprint density at radius 3 is 2.58 bits per heavy atom. The van der Waals surface area contributed by atoms with Crippen LogP contribution in [0, 0.1) is 6.92 Å². The van der Waals surface area contributed by atoms with Gasteiger partial charge in [0.25, 0.3) is 0 Å². The zero-order chi connectivity index (χ0) is 18.3. The first-order valence-electron chi connectivity index (χ1n) is 8.97. The molecule has 0 aromatic heterocycles. The minimum Gasteiger partial charge on any atom is -0.456 e. The Morgan fingerprint density at radius 2 is 1.88 bits per heavy atom. The molecule has 2 aromatic carbocycles. The molecule has 132 valence electrons. The van der Waals surface area contributed by atoms with E-state index in [1.807, 2.05) is 43.3 Å². The lowest BCUT2D eigenvalue weighted by Crippen LogP contribution is -2.37. The van der Waals surface area contributed by atoms with E-state index in [1.54, 1.807) is 4.90 Å². The number of hydrogen-bond donors (Lipinski definition) is 0. The van der Waals surface area contributed by atoms with Crippen LogP contribution in [0.4, 0.5) is 5.69 Å². The van der Waals surface area contributed by atoms with Gasteiger partial charge >= 0.3 is 5.97 Å². The van der Waals surface area contributed by atoms with E-state index in [1.165, 1.54) is 5.56 Å². The summed E-state index contributed by atoms with van der Waals surface area (Å²) in [7, 11) is 0. The molecule has 4 heteroatoms. The third-order valence-electron chi connectivity index (χ3n) is 5.17. The molecular formula is C22H21NO3. The van der Waals surface area contributed by atoms with Crippen LogP contribution in [0.5, 0.6) is 0 Å². The van der Waals surface area contributed by atoms with Crippen molar-refractivity contribution < 1.29 is 14.3 Å². The van der Waals surface area contributed by atoms with Gasteiger partial charge in [0.15, 0.2) is 0 Å². The second-order valence-electron chi connectivity index (χ2n) is 6.86. The van der Waals surface area contributed by atoms with Crippen molar-refractivity contribution in [3.63, 3.8) is 0 Å². The SMILES string of the molecule is CCc1ccc([C@@H]2CC(=O)N(c3cccc(C)c3)C3=C2C(=O)OC3)cc1. The number of nitrogens with zero attached hydrogens (tertiary/aromatic N) is 1.